The molecule has 2 amide bonds. The van der Waals surface area contributed by atoms with Crippen molar-refractivity contribution in [1.82, 2.24) is 19.7 Å². The topological polar surface area (TPSA) is 57.6 Å². The predicted molar refractivity (Wildman–Crippen MR) is 79.1 cm³/mol. The van der Waals surface area contributed by atoms with Crippen LogP contribution < -0.4 is 5.32 Å². The highest BCUT2D eigenvalue weighted by Crippen LogP contribution is 2.22. The molecule has 1 aromatic heterocycles. The minimum atomic E-state index is -0.0278. The maximum atomic E-state index is 12.7. The first-order chi connectivity index (χ1) is 10.2. The number of nitrogens with zero attached hydrogens (tertiary/aromatic N) is 3. The van der Waals surface area contributed by atoms with Crippen LogP contribution in [0.2, 0.25) is 0 Å². The fraction of sp³-hybridized carbons (Fsp3) is 0.600. The van der Waals surface area contributed by atoms with Gasteiger partial charge in [0.2, 0.25) is 5.91 Å². The number of piperazine rings is 1. The summed E-state index contributed by atoms with van der Waals surface area (Å²) >= 11 is 0. The molecule has 0 aliphatic carbocycles. The molecule has 0 bridgehead atoms. The lowest BCUT2D eigenvalue weighted by molar-refractivity contribution is -0.133. The highest BCUT2D eigenvalue weighted by Gasteiger charge is 2.28. The second kappa shape index (κ2) is 5.89. The lowest BCUT2D eigenvalue weighted by atomic mass is 10.1. The van der Waals surface area contributed by atoms with E-state index >= 15 is 0 Å². The van der Waals surface area contributed by atoms with E-state index in [2.05, 4.69) is 9.88 Å². The molecule has 0 saturated carbocycles. The van der Waals surface area contributed by atoms with E-state index in [-0.39, 0.29) is 18.4 Å². The van der Waals surface area contributed by atoms with Gasteiger partial charge in [-0.3, -0.25) is 9.59 Å². The van der Waals surface area contributed by atoms with Crippen LogP contribution in [0, 0.1) is 0 Å². The molecule has 2 aliphatic heterocycles. The Morgan fingerprint density at radius 2 is 2.05 bits per heavy atom. The summed E-state index contributed by atoms with van der Waals surface area (Å²) in [6, 6.07) is 4.17. The SMILES string of the molecule is CN1CCN(C(=O)c2cccn2C2CCNCC2)CC1=O. The molecule has 2 saturated heterocycles. The number of amides is 2. The molecule has 114 valence electrons. The molecule has 0 atom stereocenters. The van der Waals surface area contributed by atoms with E-state index in [0.29, 0.717) is 24.8 Å². The van der Waals surface area contributed by atoms with Crippen molar-refractivity contribution < 1.29 is 9.59 Å². The zero-order valence-electron chi connectivity index (χ0n) is 12.4. The summed E-state index contributed by atoms with van der Waals surface area (Å²) in [4.78, 5) is 27.8. The number of carbonyl (C=O) groups excluding carboxylic acids is 2. The van der Waals surface area contributed by atoms with Gasteiger partial charge in [0.1, 0.15) is 12.2 Å². The number of hydrogen-bond acceptors (Lipinski definition) is 3. The lowest BCUT2D eigenvalue weighted by Gasteiger charge is -2.33. The normalized spacial score (nSPS) is 20.9. The summed E-state index contributed by atoms with van der Waals surface area (Å²) in [6.45, 7) is 3.39. The van der Waals surface area contributed by atoms with Crippen molar-refractivity contribution >= 4 is 11.8 Å². The Bertz CT molecular complexity index is 534. The highest BCUT2D eigenvalue weighted by molar-refractivity contribution is 5.96. The van der Waals surface area contributed by atoms with Crippen molar-refractivity contribution in [2.24, 2.45) is 0 Å². The molecule has 6 heteroatoms. The first-order valence-electron chi connectivity index (χ1n) is 7.57. The molecule has 0 unspecified atom stereocenters. The fourth-order valence-corrected chi connectivity index (χ4v) is 3.07. The van der Waals surface area contributed by atoms with Crippen molar-refractivity contribution in [2.75, 3.05) is 39.8 Å². The number of nitrogens with one attached hydrogen (secondary N) is 1. The summed E-state index contributed by atoms with van der Waals surface area (Å²) in [7, 11) is 1.78. The Morgan fingerprint density at radius 1 is 1.29 bits per heavy atom. The van der Waals surface area contributed by atoms with E-state index in [4.69, 9.17) is 0 Å². The molecule has 1 aromatic rings. The first-order valence-corrected chi connectivity index (χ1v) is 7.57. The number of piperidine rings is 1. The van der Waals surface area contributed by atoms with Gasteiger partial charge in [-0.1, -0.05) is 0 Å². The first kappa shape index (κ1) is 14.1. The van der Waals surface area contributed by atoms with E-state index in [1.165, 1.54) is 0 Å². The summed E-state index contributed by atoms with van der Waals surface area (Å²) in [5.41, 5.74) is 0.708. The molecule has 1 N–H and O–H groups in total. The van der Waals surface area contributed by atoms with Gasteiger partial charge in [-0.05, 0) is 38.1 Å². The minimum absolute atomic E-state index is 0.00886. The van der Waals surface area contributed by atoms with Gasteiger partial charge in [0, 0.05) is 32.4 Å². The third-order valence-corrected chi connectivity index (χ3v) is 4.44. The highest BCUT2D eigenvalue weighted by atomic mass is 16.2. The standard InChI is InChI=1S/C15H22N4O2/c1-17-9-10-18(11-14(17)20)15(21)13-3-2-8-19(13)12-4-6-16-7-5-12/h2-3,8,12,16H,4-7,9-11H2,1H3. The number of hydrogen-bond donors (Lipinski definition) is 1. The molecular formula is C15H22N4O2. The zero-order chi connectivity index (χ0) is 14.8. The van der Waals surface area contributed by atoms with Crippen molar-refractivity contribution in [3.05, 3.63) is 24.0 Å². The Kier molecular flexibility index (Phi) is 3.96. The van der Waals surface area contributed by atoms with E-state index in [1.807, 2.05) is 18.3 Å². The second-order valence-corrected chi connectivity index (χ2v) is 5.82. The number of rotatable bonds is 2. The third-order valence-electron chi connectivity index (χ3n) is 4.44. The van der Waals surface area contributed by atoms with Crippen LogP contribution in [0.1, 0.15) is 29.4 Å². The molecule has 2 aliphatic rings. The van der Waals surface area contributed by atoms with Crippen molar-refractivity contribution in [3.8, 4) is 0 Å². The summed E-state index contributed by atoms with van der Waals surface area (Å²) in [5.74, 6) is -0.0189. The smallest absolute Gasteiger partial charge is 0.271 e. The van der Waals surface area contributed by atoms with Crippen LogP contribution in [0.15, 0.2) is 18.3 Å². The van der Waals surface area contributed by atoms with Gasteiger partial charge >= 0.3 is 0 Å². The maximum absolute atomic E-state index is 12.7. The quantitative estimate of drug-likeness (QED) is 0.854. The van der Waals surface area contributed by atoms with Crippen LogP contribution >= 0.6 is 0 Å². The summed E-state index contributed by atoms with van der Waals surface area (Å²) < 4.78 is 2.09. The van der Waals surface area contributed by atoms with Crippen molar-refractivity contribution in [2.45, 2.75) is 18.9 Å². The van der Waals surface area contributed by atoms with Crippen LogP contribution in [0.4, 0.5) is 0 Å². The van der Waals surface area contributed by atoms with Gasteiger partial charge in [-0.25, -0.2) is 0 Å². The van der Waals surface area contributed by atoms with Gasteiger partial charge in [0.25, 0.3) is 5.91 Å². The molecular weight excluding hydrogens is 268 g/mol. The molecule has 21 heavy (non-hydrogen) atoms. The molecule has 3 rings (SSSR count). The minimum Gasteiger partial charge on any atom is -0.342 e. The fourth-order valence-electron chi connectivity index (χ4n) is 3.07. The molecule has 2 fully saturated rings. The summed E-state index contributed by atoms with van der Waals surface area (Å²) in [5, 5.41) is 3.34. The van der Waals surface area contributed by atoms with Crippen LogP contribution in [0.25, 0.3) is 0 Å². The third kappa shape index (κ3) is 2.81. The molecule has 6 nitrogen and oxygen atoms in total. The van der Waals surface area contributed by atoms with Crippen LogP contribution in [0.5, 0.6) is 0 Å². The van der Waals surface area contributed by atoms with E-state index < -0.39 is 0 Å². The molecule has 0 radical (unpaired) electrons. The van der Waals surface area contributed by atoms with Crippen molar-refractivity contribution in [3.63, 3.8) is 0 Å². The van der Waals surface area contributed by atoms with Gasteiger partial charge in [-0.2, -0.15) is 0 Å². The number of likely N-dealkylation sites (N-methyl/N-ethyl adjacent to an activating group) is 1. The Labute approximate surface area is 124 Å². The van der Waals surface area contributed by atoms with Gasteiger partial charge in [0.05, 0.1) is 0 Å². The van der Waals surface area contributed by atoms with Gasteiger partial charge in [0.15, 0.2) is 0 Å². The van der Waals surface area contributed by atoms with E-state index in [9.17, 15) is 9.59 Å². The average molecular weight is 290 g/mol. The Morgan fingerprint density at radius 3 is 2.76 bits per heavy atom. The van der Waals surface area contributed by atoms with Gasteiger partial charge in [-0.15, -0.1) is 0 Å². The molecule has 0 aromatic carbocycles. The zero-order valence-corrected chi connectivity index (χ0v) is 12.4. The molecule has 0 spiro atoms. The largest absolute Gasteiger partial charge is 0.342 e. The Balaban J connectivity index is 1.76. The lowest BCUT2D eigenvalue weighted by Crippen LogP contribution is -2.51. The molecule has 3 heterocycles. The Hall–Kier alpha value is -1.82. The number of carbonyl (C=O) groups is 2. The van der Waals surface area contributed by atoms with E-state index in [0.717, 1.165) is 25.9 Å². The van der Waals surface area contributed by atoms with Crippen LogP contribution in [-0.4, -0.2) is 66.0 Å². The van der Waals surface area contributed by atoms with Crippen LogP contribution in [-0.2, 0) is 4.79 Å². The summed E-state index contributed by atoms with van der Waals surface area (Å²) in [6.07, 6.45) is 4.06. The average Bonchev–Trinajstić information content (AvgIpc) is 2.99. The number of aromatic nitrogens is 1. The predicted octanol–water partition coefficient (Wildman–Crippen LogP) is 0.327. The van der Waals surface area contributed by atoms with E-state index in [1.54, 1.807) is 16.8 Å². The van der Waals surface area contributed by atoms with Crippen molar-refractivity contribution in [1.29, 1.82) is 0 Å². The second-order valence-electron chi connectivity index (χ2n) is 5.82. The van der Waals surface area contributed by atoms with Gasteiger partial charge < -0.3 is 19.7 Å². The van der Waals surface area contributed by atoms with Crippen LogP contribution in [0.3, 0.4) is 0 Å². The maximum Gasteiger partial charge on any atom is 0.271 e. The monoisotopic (exact) mass is 290 g/mol.